The molecule has 9 nitrogen and oxygen atoms in total. The predicted octanol–water partition coefficient (Wildman–Crippen LogP) is 7.64. The minimum absolute atomic E-state index is 0.0375. The first kappa shape index (κ1) is 40.6. The number of aliphatic hydroxyl groups excluding tert-OH is 1. The van der Waals surface area contributed by atoms with Crippen LogP contribution >= 0.6 is 0 Å². The number of aryl methyl sites for hydroxylation is 1. The van der Waals surface area contributed by atoms with Crippen molar-refractivity contribution in [2.24, 2.45) is 0 Å². The van der Waals surface area contributed by atoms with Crippen molar-refractivity contribution in [1.82, 2.24) is 14.8 Å². The van der Waals surface area contributed by atoms with Crippen molar-refractivity contribution in [3.63, 3.8) is 0 Å². The van der Waals surface area contributed by atoms with Crippen LogP contribution in [-0.4, -0.2) is 85.5 Å². The van der Waals surface area contributed by atoms with Gasteiger partial charge in [0.1, 0.15) is 36.5 Å². The molecule has 0 unspecified atom stereocenters. The maximum absolute atomic E-state index is 13.6. The molecule has 4 aromatic rings. The van der Waals surface area contributed by atoms with Crippen molar-refractivity contribution in [3.05, 3.63) is 106 Å². The molecule has 1 saturated heterocycles. The van der Waals surface area contributed by atoms with Crippen LogP contribution in [0.2, 0.25) is 0 Å². The Kier molecular flexibility index (Phi) is 14.8. The summed E-state index contributed by atoms with van der Waals surface area (Å²) in [7, 11) is 1.68. The van der Waals surface area contributed by atoms with Gasteiger partial charge in [-0.2, -0.15) is 5.26 Å². The Morgan fingerprint density at radius 2 is 1.65 bits per heavy atom. The van der Waals surface area contributed by atoms with Crippen LogP contribution in [-0.2, 0) is 24.5 Å². The number of alkyl halides is 2. The first-order valence-electron chi connectivity index (χ1n) is 18.6. The largest absolute Gasteiger partial charge is 0.493 e. The van der Waals surface area contributed by atoms with E-state index in [-0.39, 0.29) is 26.2 Å². The van der Waals surface area contributed by atoms with E-state index in [9.17, 15) is 19.1 Å². The molecule has 0 amide bonds. The van der Waals surface area contributed by atoms with Crippen LogP contribution in [0.1, 0.15) is 58.2 Å². The molecule has 0 radical (unpaired) electrons. The van der Waals surface area contributed by atoms with E-state index in [1.54, 1.807) is 24.3 Å². The number of pyridine rings is 1. The van der Waals surface area contributed by atoms with Gasteiger partial charge < -0.3 is 24.1 Å². The van der Waals surface area contributed by atoms with Crippen molar-refractivity contribution in [3.8, 4) is 34.4 Å². The fourth-order valence-corrected chi connectivity index (χ4v) is 6.83. The first-order valence-corrected chi connectivity index (χ1v) is 18.6. The number of hydrogen-bond donors (Lipinski definition) is 1. The maximum Gasteiger partial charge on any atom is 0.261 e. The number of nitriles is 1. The minimum Gasteiger partial charge on any atom is -0.493 e. The van der Waals surface area contributed by atoms with Crippen molar-refractivity contribution < 1.29 is 32.8 Å². The second-order valence-electron chi connectivity index (χ2n) is 13.9. The standard InChI is InChI=1S/C43H52F2N4O5/c1-31-21-37(27-48(17-18-50)14-7-19-51-4)42(53-28-35-22-34(24-46)25-47-26-35)23-41(31)54-29-36-9-5-10-38(32(36)2)39-11-6-12-40(33(39)3)52-20-8-15-49-16-13-43(44,45)30-49/h5-6,9-12,21-23,25-26,50H,7-8,13-20,27-30H2,1-4H3. The number of halogens is 2. The molecule has 0 atom stereocenters. The highest BCUT2D eigenvalue weighted by Gasteiger charge is 2.37. The lowest BCUT2D eigenvalue weighted by molar-refractivity contribution is 0.0118. The average Bonchev–Trinajstić information content (AvgIpc) is 3.51. The van der Waals surface area contributed by atoms with Crippen LogP contribution in [0.25, 0.3) is 11.1 Å². The Labute approximate surface area is 318 Å². The van der Waals surface area contributed by atoms with Crippen LogP contribution < -0.4 is 14.2 Å². The summed E-state index contributed by atoms with van der Waals surface area (Å²) >= 11 is 0. The smallest absolute Gasteiger partial charge is 0.261 e. The van der Waals surface area contributed by atoms with Crippen LogP contribution in [0.5, 0.6) is 17.2 Å². The van der Waals surface area contributed by atoms with Crippen molar-refractivity contribution in [2.45, 2.75) is 65.7 Å². The molecule has 0 saturated carbocycles. The molecule has 0 aliphatic carbocycles. The topological polar surface area (TPSA) is 100 Å². The van der Waals surface area contributed by atoms with Crippen LogP contribution in [0.15, 0.2) is 67.0 Å². The fraction of sp³-hybridized carbons (Fsp3) is 0.442. The second kappa shape index (κ2) is 19.6. The molecule has 1 N–H and O–H groups in total. The van der Waals surface area contributed by atoms with Crippen LogP contribution in [0.3, 0.4) is 0 Å². The zero-order valence-corrected chi connectivity index (χ0v) is 31.9. The Balaban J connectivity index is 1.31. The van der Waals surface area contributed by atoms with Gasteiger partial charge in [-0.1, -0.05) is 30.3 Å². The summed E-state index contributed by atoms with van der Waals surface area (Å²) in [5.74, 6) is -0.443. The normalized spacial score (nSPS) is 14.0. The molecule has 1 aromatic heterocycles. The lowest BCUT2D eigenvalue weighted by Gasteiger charge is -2.24. The number of aromatic nitrogens is 1. The van der Waals surface area contributed by atoms with Crippen molar-refractivity contribution >= 4 is 0 Å². The van der Waals surface area contributed by atoms with Gasteiger partial charge in [-0.15, -0.1) is 0 Å². The minimum atomic E-state index is -2.58. The molecule has 1 fully saturated rings. The molecule has 3 aromatic carbocycles. The van der Waals surface area contributed by atoms with Gasteiger partial charge in [0.15, 0.2) is 0 Å². The second-order valence-corrected chi connectivity index (χ2v) is 13.9. The Morgan fingerprint density at radius 1 is 0.870 bits per heavy atom. The van der Waals surface area contributed by atoms with E-state index in [0.717, 1.165) is 63.2 Å². The molecular weight excluding hydrogens is 690 g/mol. The number of methoxy groups -OCH3 is 1. The molecule has 1 aliphatic rings. The van der Waals surface area contributed by atoms with E-state index in [0.29, 0.717) is 69.5 Å². The molecule has 0 bridgehead atoms. The molecular formula is C43H52F2N4O5. The van der Waals surface area contributed by atoms with E-state index < -0.39 is 5.92 Å². The third kappa shape index (κ3) is 11.2. The van der Waals surface area contributed by atoms with E-state index >= 15 is 0 Å². The summed E-state index contributed by atoms with van der Waals surface area (Å²) in [4.78, 5) is 8.16. The van der Waals surface area contributed by atoms with Gasteiger partial charge in [0.2, 0.25) is 0 Å². The Hall–Kier alpha value is -4.60. The van der Waals surface area contributed by atoms with E-state index in [1.807, 2.05) is 38.1 Å². The fourth-order valence-electron chi connectivity index (χ4n) is 6.83. The maximum atomic E-state index is 13.6. The van der Waals surface area contributed by atoms with Gasteiger partial charge in [-0.05, 0) is 85.2 Å². The highest BCUT2D eigenvalue weighted by atomic mass is 19.3. The molecule has 11 heteroatoms. The van der Waals surface area contributed by atoms with Gasteiger partial charge in [-0.25, -0.2) is 8.78 Å². The average molecular weight is 743 g/mol. The predicted molar refractivity (Wildman–Crippen MR) is 205 cm³/mol. The summed E-state index contributed by atoms with van der Waals surface area (Å²) < 4.78 is 51.4. The van der Waals surface area contributed by atoms with Gasteiger partial charge >= 0.3 is 0 Å². The number of likely N-dealkylation sites (tertiary alicyclic amines) is 1. The van der Waals surface area contributed by atoms with Crippen LogP contribution in [0, 0.1) is 32.1 Å². The van der Waals surface area contributed by atoms with E-state index in [4.69, 9.17) is 18.9 Å². The summed E-state index contributed by atoms with van der Waals surface area (Å²) in [5.41, 5.74) is 8.47. The third-order valence-corrected chi connectivity index (χ3v) is 9.84. The number of aliphatic hydroxyl groups is 1. The number of hydrogen-bond acceptors (Lipinski definition) is 9. The summed E-state index contributed by atoms with van der Waals surface area (Å²) in [6.45, 7) is 10.5. The van der Waals surface area contributed by atoms with E-state index in [1.165, 1.54) is 6.20 Å². The first-order chi connectivity index (χ1) is 26.1. The Morgan fingerprint density at radius 3 is 2.39 bits per heavy atom. The summed E-state index contributed by atoms with van der Waals surface area (Å²) in [5, 5.41) is 19.1. The number of rotatable bonds is 20. The monoisotopic (exact) mass is 742 g/mol. The molecule has 54 heavy (non-hydrogen) atoms. The summed E-state index contributed by atoms with van der Waals surface area (Å²) in [6.07, 6.45) is 4.66. The van der Waals surface area contributed by atoms with Gasteiger partial charge in [0.05, 0.1) is 25.3 Å². The van der Waals surface area contributed by atoms with Gasteiger partial charge in [0.25, 0.3) is 5.92 Å². The molecule has 1 aliphatic heterocycles. The zero-order valence-electron chi connectivity index (χ0n) is 31.9. The number of ether oxygens (including phenoxy) is 4. The number of nitrogens with zero attached hydrogens (tertiary/aromatic N) is 4. The molecule has 5 rings (SSSR count). The van der Waals surface area contributed by atoms with Gasteiger partial charge in [-0.3, -0.25) is 14.8 Å². The van der Waals surface area contributed by atoms with Gasteiger partial charge in [0, 0.05) is 82.4 Å². The lowest BCUT2D eigenvalue weighted by atomic mass is 9.93. The highest BCUT2D eigenvalue weighted by Crippen LogP contribution is 2.35. The third-order valence-electron chi connectivity index (χ3n) is 9.84. The zero-order chi connectivity index (χ0) is 38.5. The van der Waals surface area contributed by atoms with Crippen molar-refractivity contribution in [1.29, 1.82) is 5.26 Å². The molecule has 0 spiro atoms. The molecule has 2 heterocycles. The summed E-state index contributed by atoms with van der Waals surface area (Å²) in [6, 6.07) is 20.1. The SMILES string of the molecule is COCCCN(CCO)Cc1cc(C)c(OCc2cccc(-c3cccc(OCCCN4CCC(F)(F)C4)c3C)c2C)cc1OCc1cncc(C#N)c1. The molecule has 288 valence electrons. The highest BCUT2D eigenvalue weighted by molar-refractivity contribution is 5.73. The lowest BCUT2D eigenvalue weighted by Crippen LogP contribution is -2.28. The van der Waals surface area contributed by atoms with Crippen molar-refractivity contribution in [2.75, 3.05) is 59.7 Å². The van der Waals surface area contributed by atoms with Crippen LogP contribution in [0.4, 0.5) is 8.78 Å². The van der Waals surface area contributed by atoms with E-state index in [2.05, 4.69) is 47.1 Å². The quantitative estimate of drug-likeness (QED) is 0.0916. The number of benzene rings is 3. The Bertz CT molecular complexity index is 1880.